The van der Waals surface area contributed by atoms with Gasteiger partial charge in [0.15, 0.2) is 0 Å². The van der Waals surface area contributed by atoms with Gasteiger partial charge in [-0.15, -0.1) is 0 Å². The van der Waals surface area contributed by atoms with E-state index in [0.29, 0.717) is 6.04 Å². The molecule has 1 saturated heterocycles. The summed E-state index contributed by atoms with van der Waals surface area (Å²) in [6.45, 7) is 1.92. The highest BCUT2D eigenvalue weighted by Gasteiger charge is 2.14. The molecule has 0 aromatic heterocycles. The summed E-state index contributed by atoms with van der Waals surface area (Å²) in [5.41, 5.74) is 0.862. The molecule has 6 heteroatoms. The van der Waals surface area contributed by atoms with Crippen LogP contribution in [0.2, 0.25) is 0 Å². The van der Waals surface area contributed by atoms with Gasteiger partial charge in [-0.2, -0.15) is 8.42 Å². The predicted molar refractivity (Wildman–Crippen MR) is 61.2 cm³/mol. The van der Waals surface area contributed by atoms with Crippen LogP contribution >= 0.6 is 0 Å². The Morgan fingerprint density at radius 1 is 1.31 bits per heavy atom. The Kier molecular flexibility index (Phi) is 3.13. The first kappa shape index (κ1) is 11.4. The minimum atomic E-state index is -4.09. The van der Waals surface area contributed by atoms with Crippen molar-refractivity contribution in [1.29, 1.82) is 0 Å². The van der Waals surface area contributed by atoms with Gasteiger partial charge in [0.25, 0.3) is 10.1 Å². The van der Waals surface area contributed by atoms with Gasteiger partial charge < -0.3 is 10.6 Å². The number of hydrogen-bond donors (Lipinski definition) is 3. The second-order valence-electron chi connectivity index (χ2n) is 3.83. The maximum atomic E-state index is 10.8. The summed E-state index contributed by atoms with van der Waals surface area (Å²) in [5.74, 6) is 0. The van der Waals surface area contributed by atoms with E-state index in [1.807, 2.05) is 0 Å². The molecule has 5 nitrogen and oxygen atoms in total. The molecule has 16 heavy (non-hydrogen) atoms. The Hall–Kier alpha value is -1.11. The fourth-order valence-corrected chi connectivity index (χ4v) is 2.22. The molecule has 0 bridgehead atoms. The molecule has 3 N–H and O–H groups in total. The largest absolute Gasteiger partial charge is 0.381 e. The first-order chi connectivity index (χ1) is 7.55. The van der Waals surface area contributed by atoms with Crippen LogP contribution in [-0.2, 0) is 10.1 Å². The predicted octanol–water partition coefficient (Wildman–Crippen LogP) is 0.707. The summed E-state index contributed by atoms with van der Waals surface area (Å²) < 4.78 is 30.4. The first-order valence-electron chi connectivity index (χ1n) is 5.10. The molecule has 1 fully saturated rings. The number of rotatable bonds is 3. The zero-order chi connectivity index (χ0) is 11.6. The van der Waals surface area contributed by atoms with Crippen LogP contribution in [0.4, 0.5) is 5.69 Å². The normalized spacial score (nSPS) is 20.9. The van der Waals surface area contributed by atoms with Crippen molar-refractivity contribution in [2.75, 3.05) is 18.4 Å². The highest BCUT2D eigenvalue weighted by Crippen LogP contribution is 2.15. The number of nitrogens with one attached hydrogen (secondary N) is 2. The Balaban J connectivity index is 2.07. The Morgan fingerprint density at radius 3 is 2.50 bits per heavy atom. The zero-order valence-corrected chi connectivity index (χ0v) is 9.50. The topological polar surface area (TPSA) is 78.4 Å². The summed E-state index contributed by atoms with van der Waals surface area (Å²) >= 11 is 0. The van der Waals surface area contributed by atoms with Gasteiger partial charge in [0.05, 0.1) is 4.90 Å². The third-order valence-corrected chi connectivity index (χ3v) is 3.45. The van der Waals surface area contributed by atoms with Gasteiger partial charge in [-0.05, 0) is 37.2 Å². The van der Waals surface area contributed by atoms with Crippen LogP contribution in [0.25, 0.3) is 0 Å². The van der Waals surface area contributed by atoms with E-state index in [-0.39, 0.29) is 4.90 Å². The minimum Gasteiger partial charge on any atom is -0.381 e. The third-order valence-electron chi connectivity index (χ3n) is 2.58. The van der Waals surface area contributed by atoms with E-state index in [4.69, 9.17) is 4.55 Å². The molecule has 0 spiro atoms. The van der Waals surface area contributed by atoms with Crippen LogP contribution in [-0.4, -0.2) is 32.1 Å². The minimum absolute atomic E-state index is 0.0809. The molecule has 1 aliphatic heterocycles. The Labute approximate surface area is 94.6 Å². The van der Waals surface area contributed by atoms with Crippen LogP contribution in [0.1, 0.15) is 6.42 Å². The van der Waals surface area contributed by atoms with E-state index < -0.39 is 10.1 Å². The Bertz CT molecular complexity index is 449. The average Bonchev–Trinajstić information content (AvgIpc) is 2.70. The molecule has 1 aromatic rings. The second kappa shape index (κ2) is 4.40. The van der Waals surface area contributed by atoms with Crippen molar-refractivity contribution < 1.29 is 13.0 Å². The van der Waals surface area contributed by atoms with Gasteiger partial charge in [0.2, 0.25) is 0 Å². The molecular formula is C10H14N2O3S. The number of benzene rings is 1. The lowest BCUT2D eigenvalue weighted by Crippen LogP contribution is -2.21. The quantitative estimate of drug-likeness (QED) is 0.680. The lowest BCUT2D eigenvalue weighted by Gasteiger charge is -2.12. The molecule has 0 saturated carbocycles. The molecule has 2 rings (SSSR count). The summed E-state index contributed by atoms with van der Waals surface area (Å²) in [5, 5.41) is 6.51. The van der Waals surface area contributed by atoms with Gasteiger partial charge in [-0.3, -0.25) is 4.55 Å². The summed E-state index contributed by atoms with van der Waals surface area (Å²) in [4.78, 5) is -0.0809. The number of anilines is 1. The molecule has 1 aromatic carbocycles. The average molecular weight is 242 g/mol. The molecule has 0 radical (unpaired) electrons. The lowest BCUT2D eigenvalue weighted by molar-refractivity contribution is 0.483. The van der Waals surface area contributed by atoms with E-state index >= 15 is 0 Å². The summed E-state index contributed by atoms with van der Waals surface area (Å²) in [6.07, 6.45) is 1.06. The molecule has 1 atom stereocenters. The van der Waals surface area contributed by atoms with Crippen molar-refractivity contribution in [2.24, 2.45) is 0 Å². The van der Waals surface area contributed by atoms with E-state index in [0.717, 1.165) is 25.2 Å². The third kappa shape index (κ3) is 2.72. The fraction of sp³-hybridized carbons (Fsp3) is 0.400. The standard InChI is InChI=1S/C10H14N2O3S/c13-16(14,15)10-3-1-8(2-4-10)12-9-5-6-11-7-9/h1-4,9,11-12H,5-7H2,(H,13,14,15). The smallest absolute Gasteiger partial charge is 0.294 e. The van der Waals surface area contributed by atoms with Gasteiger partial charge in [0, 0.05) is 18.3 Å². The van der Waals surface area contributed by atoms with E-state index in [2.05, 4.69) is 10.6 Å². The monoisotopic (exact) mass is 242 g/mol. The molecule has 1 heterocycles. The SMILES string of the molecule is O=S(=O)(O)c1ccc(NC2CCNC2)cc1. The van der Waals surface area contributed by atoms with Crippen LogP contribution < -0.4 is 10.6 Å². The molecule has 1 unspecified atom stereocenters. The maximum absolute atomic E-state index is 10.8. The van der Waals surface area contributed by atoms with E-state index in [1.54, 1.807) is 12.1 Å². The van der Waals surface area contributed by atoms with Crippen molar-refractivity contribution in [1.82, 2.24) is 5.32 Å². The molecule has 1 aliphatic rings. The van der Waals surface area contributed by atoms with Crippen molar-refractivity contribution in [3.8, 4) is 0 Å². The fourth-order valence-electron chi connectivity index (χ4n) is 1.74. The van der Waals surface area contributed by atoms with Gasteiger partial charge in [0.1, 0.15) is 0 Å². The number of hydrogen-bond acceptors (Lipinski definition) is 4. The molecule has 0 aliphatic carbocycles. The lowest BCUT2D eigenvalue weighted by atomic mass is 10.2. The highest BCUT2D eigenvalue weighted by atomic mass is 32.2. The van der Waals surface area contributed by atoms with Crippen LogP contribution in [0, 0.1) is 0 Å². The van der Waals surface area contributed by atoms with Gasteiger partial charge in [-0.1, -0.05) is 0 Å². The highest BCUT2D eigenvalue weighted by molar-refractivity contribution is 7.85. The zero-order valence-electron chi connectivity index (χ0n) is 8.68. The maximum Gasteiger partial charge on any atom is 0.294 e. The van der Waals surface area contributed by atoms with Gasteiger partial charge >= 0.3 is 0 Å². The van der Waals surface area contributed by atoms with Crippen molar-refractivity contribution in [2.45, 2.75) is 17.4 Å². The van der Waals surface area contributed by atoms with Crippen LogP contribution in [0.5, 0.6) is 0 Å². The molecule has 0 amide bonds. The second-order valence-corrected chi connectivity index (χ2v) is 5.26. The summed E-state index contributed by atoms with van der Waals surface area (Å²) in [7, 11) is -4.09. The first-order valence-corrected chi connectivity index (χ1v) is 6.54. The summed E-state index contributed by atoms with van der Waals surface area (Å²) in [6, 6.07) is 6.47. The molecule has 88 valence electrons. The van der Waals surface area contributed by atoms with Crippen LogP contribution in [0.15, 0.2) is 29.2 Å². The van der Waals surface area contributed by atoms with Crippen LogP contribution in [0.3, 0.4) is 0 Å². The van der Waals surface area contributed by atoms with Gasteiger partial charge in [-0.25, -0.2) is 0 Å². The Morgan fingerprint density at radius 2 is 2.00 bits per heavy atom. The van der Waals surface area contributed by atoms with Crippen molar-refractivity contribution in [3.05, 3.63) is 24.3 Å². The van der Waals surface area contributed by atoms with E-state index in [9.17, 15) is 8.42 Å². The van der Waals surface area contributed by atoms with E-state index in [1.165, 1.54) is 12.1 Å². The van der Waals surface area contributed by atoms with Crippen molar-refractivity contribution in [3.63, 3.8) is 0 Å². The van der Waals surface area contributed by atoms with Crippen molar-refractivity contribution >= 4 is 15.8 Å². The molecular weight excluding hydrogens is 228 g/mol.